The topological polar surface area (TPSA) is 87.7 Å². The van der Waals surface area contributed by atoms with Crippen molar-refractivity contribution in [3.05, 3.63) is 22.7 Å². The summed E-state index contributed by atoms with van der Waals surface area (Å²) >= 11 is 3.31. The fourth-order valence-electron chi connectivity index (χ4n) is 1.63. The van der Waals surface area contributed by atoms with Crippen molar-refractivity contribution in [3.8, 4) is 5.75 Å². The summed E-state index contributed by atoms with van der Waals surface area (Å²) in [6, 6.07) is 4.64. The van der Waals surface area contributed by atoms with Gasteiger partial charge in [0.25, 0.3) is 0 Å². The zero-order valence-corrected chi connectivity index (χ0v) is 13.1. The summed E-state index contributed by atoms with van der Waals surface area (Å²) in [6.07, 6.45) is -0.163. The van der Waals surface area contributed by atoms with Crippen LogP contribution in [-0.2, 0) is 4.79 Å². The highest BCUT2D eigenvalue weighted by atomic mass is 79.9. The van der Waals surface area contributed by atoms with E-state index in [9.17, 15) is 9.59 Å². The second kappa shape index (κ2) is 6.60. The molecule has 1 aromatic rings. The Morgan fingerprint density at radius 3 is 2.60 bits per heavy atom. The molecule has 0 unspecified atom stereocenters. The first kappa shape index (κ1) is 16.3. The number of rotatable bonds is 5. The lowest BCUT2D eigenvalue weighted by atomic mass is 10.0. The molecule has 1 rings (SSSR count). The number of ether oxygens (including phenoxy) is 1. The predicted molar refractivity (Wildman–Crippen MR) is 79.2 cm³/mol. The third kappa shape index (κ3) is 5.08. The molecule has 7 heteroatoms. The van der Waals surface area contributed by atoms with Gasteiger partial charge in [0.05, 0.1) is 18.0 Å². The summed E-state index contributed by atoms with van der Waals surface area (Å²) in [5.41, 5.74) is -0.288. The highest BCUT2D eigenvalue weighted by molar-refractivity contribution is 9.10. The number of urea groups is 1. The summed E-state index contributed by atoms with van der Waals surface area (Å²) in [7, 11) is 1.53. The lowest BCUT2D eigenvalue weighted by Crippen LogP contribution is -2.46. The molecule has 0 fully saturated rings. The van der Waals surface area contributed by atoms with Crippen LogP contribution in [0.25, 0.3) is 0 Å². The fourth-order valence-corrected chi connectivity index (χ4v) is 2.04. The van der Waals surface area contributed by atoms with Gasteiger partial charge in [-0.05, 0) is 41.9 Å². The largest absolute Gasteiger partial charge is 0.495 e. The average molecular weight is 345 g/mol. The van der Waals surface area contributed by atoms with Crippen LogP contribution in [0.1, 0.15) is 20.3 Å². The van der Waals surface area contributed by atoms with Crippen molar-refractivity contribution in [3.63, 3.8) is 0 Å². The van der Waals surface area contributed by atoms with E-state index in [1.165, 1.54) is 7.11 Å². The molecule has 110 valence electrons. The van der Waals surface area contributed by atoms with E-state index in [2.05, 4.69) is 26.6 Å². The lowest BCUT2D eigenvalue weighted by molar-refractivity contribution is -0.138. The van der Waals surface area contributed by atoms with Gasteiger partial charge in [-0.2, -0.15) is 0 Å². The standard InChI is InChI=1S/C13H17BrN2O4/c1-13(2,7-11(17)18)16-12(19)15-8-4-5-9(14)10(6-8)20-3/h4-6H,7H2,1-3H3,(H,17,18)(H2,15,16,19). The van der Waals surface area contributed by atoms with E-state index >= 15 is 0 Å². The molecule has 0 aliphatic rings. The van der Waals surface area contributed by atoms with Gasteiger partial charge in [0.2, 0.25) is 0 Å². The Balaban J connectivity index is 2.69. The van der Waals surface area contributed by atoms with Crippen LogP contribution in [0.2, 0.25) is 0 Å². The van der Waals surface area contributed by atoms with Crippen LogP contribution >= 0.6 is 15.9 Å². The minimum absolute atomic E-state index is 0.163. The van der Waals surface area contributed by atoms with Crippen LogP contribution in [0.4, 0.5) is 10.5 Å². The van der Waals surface area contributed by atoms with E-state index in [0.717, 1.165) is 4.47 Å². The van der Waals surface area contributed by atoms with Crippen molar-refractivity contribution >= 4 is 33.6 Å². The normalized spacial score (nSPS) is 10.8. The van der Waals surface area contributed by atoms with Crippen LogP contribution in [-0.4, -0.2) is 29.8 Å². The smallest absolute Gasteiger partial charge is 0.319 e. The number of nitrogens with one attached hydrogen (secondary N) is 2. The number of carboxylic acid groups (broad SMARTS) is 1. The number of carboxylic acids is 1. The molecule has 0 aromatic heterocycles. The molecule has 0 bridgehead atoms. The number of carbonyl (C=O) groups excluding carboxylic acids is 1. The second-order valence-electron chi connectivity index (χ2n) is 4.88. The van der Waals surface area contributed by atoms with Gasteiger partial charge in [-0.3, -0.25) is 4.79 Å². The SMILES string of the molecule is COc1cc(NC(=O)NC(C)(C)CC(=O)O)ccc1Br. The third-order valence-electron chi connectivity index (χ3n) is 2.45. The number of hydrogen-bond acceptors (Lipinski definition) is 3. The van der Waals surface area contributed by atoms with Gasteiger partial charge in [-0.1, -0.05) is 0 Å². The van der Waals surface area contributed by atoms with Gasteiger partial charge >= 0.3 is 12.0 Å². The van der Waals surface area contributed by atoms with Crippen LogP contribution in [0.3, 0.4) is 0 Å². The Bertz CT molecular complexity index is 517. The molecule has 6 nitrogen and oxygen atoms in total. The lowest BCUT2D eigenvalue weighted by Gasteiger charge is -2.24. The Morgan fingerprint density at radius 2 is 2.05 bits per heavy atom. The number of carbonyl (C=O) groups is 2. The number of halogens is 1. The van der Waals surface area contributed by atoms with Crippen molar-refractivity contribution in [2.75, 3.05) is 12.4 Å². The predicted octanol–water partition coefficient (Wildman–Crippen LogP) is 2.83. The molecule has 1 aromatic carbocycles. The quantitative estimate of drug-likeness (QED) is 0.766. The highest BCUT2D eigenvalue weighted by Gasteiger charge is 2.23. The van der Waals surface area contributed by atoms with Crippen LogP contribution in [0.15, 0.2) is 22.7 Å². The fraction of sp³-hybridized carbons (Fsp3) is 0.385. The zero-order valence-electron chi connectivity index (χ0n) is 11.5. The molecule has 20 heavy (non-hydrogen) atoms. The van der Waals surface area contributed by atoms with E-state index in [0.29, 0.717) is 11.4 Å². The molecule has 0 heterocycles. The monoisotopic (exact) mass is 344 g/mol. The van der Waals surface area contributed by atoms with Crippen molar-refractivity contribution in [1.82, 2.24) is 5.32 Å². The molecular formula is C13H17BrN2O4. The Labute approximate surface area is 125 Å². The van der Waals surface area contributed by atoms with Crippen molar-refractivity contribution in [2.45, 2.75) is 25.8 Å². The van der Waals surface area contributed by atoms with E-state index in [1.807, 2.05) is 0 Å². The first-order valence-electron chi connectivity index (χ1n) is 5.88. The minimum atomic E-state index is -0.972. The molecule has 0 saturated carbocycles. The number of anilines is 1. The van der Waals surface area contributed by atoms with E-state index < -0.39 is 17.5 Å². The van der Waals surface area contributed by atoms with E-state index in [-0.39, 0.29) is 6.42 Å². The molecule has 0 saturated heterocycles. The Hall–Kier alpha value is -1.76. The van der Waals surface area contributed by atoms with Crippen LogP contribution in [0, 0.1) is 0 Å². The van der Waals surface area contributed by atoms with Gasteiger partial charge in [0.15, 0.2) is 0 Å². The number of methoxy groups -OCH3 is 1. The van der Waals surface area contributed by atoms with Crippen molar-refractivity contribution in [1.29, 1.82) is 0 Å². The molecular weight excluding hydrogens is 328 g/mol. The van der Waals surface area contributed by atoms with Gasteiger partial charge in [-0.25, -0.2) is 4.79 Å². The first-order chi connectivity index (χ1) is 9.23. The summed E-state index contributed by atoms with van der Waals surface area (Å²) in [5.74, 6) is -0.381. The maximum absolute atomic E-state index is 11.8. The number of benzene rings is 1. The minimum Gasteiger partial charge on any atom is -0.495 e. The highest BCUT2D eigenvalue weighted by Crippen LogP contribution is 2.27. The van der Waals surface area contributed by atoms with Gasteiger partial charge in [-0.15, -0.1) is 0 Å². The molecule has 0 aliphatic heterocycles. The maximum atomic E-state index is 11.8. The molecule has 0 spiro atoms. The summed E-state index contributed by atoms with van der Waals surface area (Å²) < 4.78 is 5.90. The van der Waals surface area contributed by atoms with Crippen molar-refractivity contribution in [2.24, 2.45) is 0 Å². The molecule has 0 aliphatic carbocycles. The molecule has 2 amide bonds. The zero-order chi connectivity index (χ0) is 15.3. The summed E-state index contributed by atoms with van der Waals surface area (Å²) in [5, 5.41) is 14.0. The Morgan fingerprint density at radius 1 is 1.40 bits per heavy atom. The van der Waals surface area contributed by atoms with Gasteiger partial charge in [0.1, 0.15) is 5.75 Å². The number of amides is 2. The third-order valence-corrected chi connectivity index (χ3v) is 3.11. The Kier molecular flexibility index (Phi) is 5.38. The second-order valence-corrected chi connectivity index (χ2v) is 5.74. The molecule has 0 radical (unpaired) electrons. The molecule has 3 N–H and O–H groups in total. The maximum Gasteiger partial charge on any atom is 0.319 e. The van der Waals surface area contributed by atoms with Crippen molar-refractivity contribution < 1.29 is 19.4 Å². The summed E-state index contributed by atoms with van der Waals surface area (Å²) in [4.78, 5) is 22.5. The first-order valence-corrected chi connectivity index (χ1v) is 6.67. The van der Waals surface area contributed by atoms with E-state index in [1.54, 1.807) is 32.0 Å². The van der Waals surface area contributed by atoms with Crippen LogP contribution in [0.5, 0.6) is 5.75 Å². The number of hydrogen-bond donors (Lipinski definition) is 3. The molecule has 0 atom stereocenters. The average Bonchev–Trinajstić information content (AvgIpc) is 2.28. The van der Waals surface area contributed by atoms with E-state index in [4.69, 9.17) is 9.84 Å². The number of aliphatic carboxylic acids is 1. The van der Waals surface area contributed by atoms with Gasteiger partial charge in [0, 0.05) is 17.3 Å². The van der Waals surface area contributed by atoms with Crippen LogP contribution < -0.4 is 15.4 Å². The summed E-state index contributed by atoms with van der Waals surface area (Å²) in [6.45, 7) is 3.28. The van der Waals surface area contributed by atoms with Gasteiger partial charge < -0.3 is 20.5 Å².